The van der Waals surface area contributed by atoms with Crippen LogP contribution in [0.3, 0.4) is 0 Å². The van der Waals surface area contributed by atoms with Crippen LogP contribution in [0.2, 0.25) is 0 Å². The smallest absolute Gasteiger partial charge is 0.227 e. The van der Waals surface area contributed by atoms with Crippen molar-refractivity contribution in [3.05, 3.63) is 0 Å². The van der Waals surface area contributed by atoms with Gasteiger partial charge in [-0.15, -0.1) is 0 Å². The van der Waals surface area contributed by atoms with Crippen LogP contribution in [0.5, 0.6) is 0 Å². The maximum absolute atomic E-state index is 11.5. The van der Waals surface area contributed by atoms with Crippen LogP contribution in [-0.4, -0.2) is 35.8 Å². The van der Waals surface area contributed by atoms with Gasteiger partial charge in [0.2, 0.25) is 11.8 Å². The summed E-state index contributed by atoms with van der Waals surface area (Å²) in [4.78, 5) is 25.5. The highest BCUT2D eigenvalue weighted by molar-refractivity contribution is 5.98. The lowest BCUT2D eigenvalue weighted by molar-refractivity contribution is -0.140. The summed E-state index contributed by atoms with van der Waals surface area (Å²) in [5.74, 6) is -0.139. The molecule has 88 valence electrons. The molecule has 2 amide bonds. The van der Waals surface area contributed by atoms with E-state index in [1.54, 1.807) is 0 Å². The van der Waals surface area contributed by atoms with E-state index in [-0.39, 0.29) is 17.2 Å². The molecule has 2 atom stereocenters. The lowest BCUT2D eigenvalue weighted by Crippen LogP contribution is -2.52. The Hall–Kier alpha value is -0.900. The quantitative estimate of drug-likeness (QED) is 0.613. The predicted octanol–water partition coefficient (Wildman–Crippen LogP) is 0.666. The van der Waals surface area contributed by atoms with E-state index in [9.17, 15) is 9.59 Å². The van der Waals surface area contributed by atoms with Gasteiger partial charge in [-0.1, -0.05) is 0 Å². The number of carbonyl (C=O) groups excluding carboxylic acids is 2. The number of carbonyl (C=O) groups is 2. The highest BCUT2D eigenvalue weighted by Crippen LogP contribution is 2.49. The molecule has 4 nitrogen and oxygen atoms in total. The molecule has 2 bridgehead atoms. The zero-order valence-corrected chi connectivity index (χ0v) is 9.66. The number of hydrogen-bond donors (Lipinski definition) is 1. The summed E-state index contributed by atoms with van der Waals surface area (Å²) in [5.41, 5.74) is -0.0161. The van der Waals surface area contributed by atoms with Gasteiger partial charge in [0.25, 0.3) is 0 Å². The Morgan fingerprint density at radius 1 is 1.12 bits per heavy atom. The highest BCUT2D eigenvalue weighted by atomic mass is 16.2. The van der Waals surface area contributed by atoms with Crippen LogP contribution >= 0.6 is 0 Å². The fraction of sp³-hybridized carbons (Fsp3) is 0.833. The Bertz CT molecular complexity index is 321. The third-order valence-corrected chi connectivity index (χ3v) is 4.67. The van der Waals surface area contributed by atoms with E-state index in [0.29, 0.717) is 24.9 Å². The van der Waals surface area contributed by atoms with Gasteiger partial charge < -0.3 is 4.90 Å². The van der Waals surface area contributed by atoms with Gasteiger partial charge in [-0.05, 0) is 38.1 Å². The average molecular weight is 222 g/mol. The first-order valence-electron chi connectivity index (χ1n) is 6.13. The largest absolute Gasteiger partial charge is 0.300 e. The van der Waals surface area contributed by atoms with E-state index in [0.717, 1.165) is 12.8 Å². The number of fused-ring (bicyclic) bond motifs is 2. The molecule has 3 saturated heterocycles. The molecular weight excluding hydrogens is 204 g/mol. The van der Waals surface area contributed by atoms with Crippen molar-refractivity contribution in [3.63, 3.8) is 0 Å². The summed E-state index contributed by atoms with van der Waals surface area (Å²) >= 11 is 0. The number of hydrogen-bond acceptors (Lipinski definition) is 3. The van der Waals surface area contributed by atoms with Crippen molar-refractivity contribution in [1.29, 1.82) is 0 Å². The van der Waals surface area contributed by atoms with Gasteiger partial charge in [-0.3, -0.25) is 14.9 Å². The van der Waals surface area contributed by atoms with E-state index in [4.69, 9.17) is 0 Å². The lowest BCUT2D eigenvalue weighted by Gasteiger charge is -2.46. The molecule has 3 fully saturated rings. The lowest BCUT2D eigenvalue weighted by atomic mass is 9.68. The molecule has 4 heteroatoms. The average Bonchev–Trinajstić information content (AvgIpc) is 2.44. The molecule has 3 aliphatic rings. The van der Waals surface area contributed by atoms with Gasteiger partial charge in [0.1, 0.15) is 0 Å². The third kappa shape index (κ3) is 1.47. The summed E-state index contributed by atoms with van der Waals surface area (Å²) in [7, 11) is 2.18. The minimum Gasteiger partial charge on any atom is -0.300 e. The van der Waals surface area contributed by atoms with E-state index in [2.05, 4.69) is 17.3 Å². The van der Waals surface area contributed by atoms with Crippen LogP contribution in [0.25, 0.3) is 0 Å². The molecule has 2 unspecified atom stereocenters. The van der Waals surface area contributed by atoms with Gasteiger partial charge >= 0.3 is 0 Å². The summed E-state index contributed by atoms with van der Waals surface area (Å²) in [5, 5.41) is 2.42. The van der Waals surface area contributed by atoms with Crippen LogP contribution in [-0.2, 0) is 9.59 Å². The predicted molar refractivity (Wildman–Crippen MR) is 58.6 cm³/mol. The maximum Gasteiger partial charge on any atom is 0.227 e. The summed E-state index contributed by atoms with van der Waals surface area (Å²) < 4.78 is 0. The van der Waals surface area contributed by atoms with Crippen LogP contribution in [0.15, 0.2) is 0 Å². The van der Waals surface area contributed by atoms with E-state index in [1.165, 1.54) is 12.8 Å². The Labute approximate surface area is 95.4 Å². The molecule has 16 heavy (non-hydrogen) atoms. The number of nitrogens with one attached hydrogen (secondary N) is 1. The molecule has 1 spiro atoms. The molecule has 1 N–H and O–H groups in total. The first kappa shape index (κ1) is 10.3. The highest BCUT2D eigenvalue weighted by Gasteiger charge is 2.50. The molecule has 0 aromatic heterocycles. The van der Waals surface area contributed by atoms with E-state index < -0.39 is 0 Å². The molecule has 0 aromatic rings. The first-order chi connectivity index (χ1) is 7.58. The van der Waals surface area contributed by atoms with Crippen molar-refractivity contribution in [2.75, 3.05) is 7.05 Å². The van der Waals surface area contributed by atoms with Crippen molar-refractivity contribution < 1.29 is 9.59 Å². The summed E-state index contributed by atoms with van der Waals surface area (Å²) in [6, 6.07) is 1.19. The zero-order valence-electron chi connectivity index (χ0n) is 9.66. The van der Waals surface area contributed by atoms with Crippen molar-refractivity contribution in [3.8, 4) is 0 Å². The number of rotatable bonds is 0. The van der Waals surface area contributed by atoms with Crippen LogP contribution in [0, 0.1) is 5.41 Å². The van der Waals surface area contributed by atoms with Crippen LogP contribution in [0.4, 0.5) is 0 Å². The Balaban J connectivity index is 1.84. The van der Waals surface area contributed by atoms with Gasteiger partial charge in [-0.2, -0.15) is 0 Å². The van der Waals surface area contributed by atoms with E-state index >= 15 is 0 Å². The number of piperidine rings is 2. The van der Waals surface area contributed by atoms with E-state index in [1.807, 2.05) is 0 Å². The number of imide groups is 1. The number of nitrogens with zero attached hydrogens (tertiary/aromatic N) is 1. The van der Waals surface area contributed by atoms with Crippen molar-refractivity contribution >= 4 is 11.8 Å². The topological polar surface area (TPSA) is 49.4 Å². The Morgan fingerprint density at radius 3 is 2.12 bits per heavy atom. The molecular formula is C12H18N2O2. The normalized spacial score (nSPS) is 37.8. The molecule has 3 heterocycles. The minimum atomic E-state index is -0.0693. The van der Waals surface area contributed by atoms with Gasteiger partial charge in [-0.25, -0.2) is 0 Å². The fourth-order valence-electron chi connectivity index (χ4n) is 3.94. The van der Waals surface area contributed by atoms with Crippen LogP contribution < -0.4 is 5.32 Å². The van der Waals surface area contributed by atoms with Gasteiger partial charge in [0, 0.05) is 24.9 Å². The molecule has 0 aromatic carbocycles. The van der Waals surface area contributed by atoms with Gasteiger partial charge in [0.05, 0.1) is 0 Å². The third-order valence-electron chi connectivity index (χ3n) is 4.67. The Kier molecular flexibility index (Phi) is 2.11. The van der Waals surface area contributed by atoms with Crippen molar-refractivity contribution in [2.45, 2.75) is 50.6 Å². The minimum absolute atomic E-state index is 0.0161. The standard InChI is InChI=1S/C12H18N2O2/c1-14-8-2-3-9(14)5-12(4-8)6-10(15)13-11(16)7-12/h8-9H,2-7H2,1H3,(H,13,15,16). The van der Waals surface area contributed by atoms with Crippen molar-refractivity contribution in [1.82, 2.24) is 10.2 Å². The molecule has 0 aliphatic carbocycles. The Morgan fingerprint density at radius 2 is 1.62 bits per heavy atom. The SMILES string of the molecule is CN1C2CCC1CC1(CC(=O)NC(=O)C1)C2. The molecule has 0 saturated carbocycles. The summed E-state index contributed by atoms with van der Waals surface area (Å²) in [6.45, 7) is 0. The van der Waals surface area contributed by atoms with Crippen molar-refractivity contribution in [2.24, 2.45) is 5.41 Å². The molecule has 3 aliphatic heterocycles. The first-order valence-corrected chi connectivity index (χ1v) is 6.13. The maximum atomic E-state index is 11.5. The zero-order chi connectivity index (χ0) is 11.3. The molecule has 3 rings (SSSR count). The summed E-state index contributed by atoms with van der Waals surface area (Å²) in [6.07, 6.45) is 5.63. The second-order valence-electron chi connectivity index (χ2n) is 5.78. The fourth-order valence-corrected chi connectivity index (χ4v) is 3.94. The number of amides is 2. The molecule has 0 radical (unpaired) electrons. The monoisotopic (exact) mass is 222 g/mol. The second kappa shape index (κ2) is 3.29. The van der Waals surface area contributed by atoms with Crippen LogP contribution in [0.1, 0.15) is 38.5 Å². The van der Waals surface area contributed by atoms with Gasteiger partial charge in [0.15, 0.2) is 0 Å². The second-order valence-corrected chi connectivity index (χ2v) is 5.78.